The molecule has 0 aliphatic heterocycles. The number of fused-ring (bicyclic) bond motifs is 3. The second-order valence-electron chi connectivity index (χ2n) is 14.5. The molecule has 0 N–H and O–H groups in total. The van der Waals surface area contributed by atoms with E-state index in [9.17, 15) is 0 Å². The Labute approximate surface area is 313 Å². The van der Waals surface area contributed by atoms with Gasteiger partial charge in [0.25, 0.3) is 0 Å². The van der Waals surface area contributed by atoms with Crippen LogP contribution >= 0.6 is 0 Å². The monoisotopic (exact) mass is 895 g/mol. The molecule has 0 amide bonds. The molecule has 50 heavy (non-hydrogen) atoms. The number of aromatic nitrogens is 2. The van der Waals surface area contributed by atoms with Crippen LogP contribution in [0.25, 0.3) is 55.6 Å². The summed E-state index contributed by atoms with van der Waals surface area (Å²) >= 11 is -1.89. The molecule has 0 bridgehead atoms. The molecule has 0 saturated heterocycles. The van der Waals surface area contributed by atoms with Crippen molar-refractivity contribution in [3.63, 3.8) is 0 Å². The van der Waals surface area contributed by atoms with Crippen LogP contribution in [0, 0.1) is 25.0 Å². The predicted molar refractivity (Wildman–Crippen MR) is 208 cm³/mol. The first-order valence-electron chi connectivity index (χ1n) is 17.7. The molecule has 7 aromatic rings. The van der Waals surface area contributed by atoms with Crippen molar-refractivity contribution < 1.29 is 24.5 Å². The van der Waals surface area contributed by atoms with E-state index >= 15 is 0 Å². The third kappa shape index (κ3) is 8.20. The summed E-state index contributed by atoms with van der Waals surface area (Å²) in [6.45, 7) is 2.07. The molecular weight excluding hydrogens is 849 g/mol. The summed E-state index contributed by atoms with van der Waals surface area (Å²) in [6.07, 6.45) is 12.4. The summed E-state index contributed by atoms with van der Waals surface area (Å²) in [5, 5.41) is 2.21. The summed E-state index contributed by atoms with van der Waals surface area (Å²) in [6, 6.07) is 42.0. The molecule has 1 saturated carbocycles. The van der Waals surface area contributed by atoms with Crippen LogP contribution in [0.3, 0.4) is 0 Å². The zero-order valence-electron chi connectivity index (χ0n) is 29.4. The van der Waals surface area contributed by atoms with E-state index in [1.54, 1.807) is 9.96 Å². The number of benzene rings is 4. The molecule has 0 spiro atoms. The molecule has 1 aliphatic carbocycles. The fourth-order valence-electron chi connectivity index (χ4n) is 7.16. The van der Waals surface area contributed by atoms with E-state index in [1.807, 2.05) is 36.5 Å². The van der Waals surface area contributed by atoms with Gasteiger partial charge in [-0.2, -0.15) is 0 Å². The first kappa shape index (κ1) is 36.0. The molecule has 3 aromatic heterocycles. The van der Waals surface area contributed by atoms with Crippen molar-refractivity contribution in [1.82, 2.24) is 9.97 Å². The van der Waals surface area contributed by atoms with Gasteiger partial charge < -0.3 is 9.40 Å². The number of nitrogens with zero attached hydrogens (tertiary/aromatic N) is 2. The minimum absolute atomic E-state index is 0. The van der Waals surface area contributed by atoms with E-state index < -0.39 is 13.3 Å². The molecular formula is C45H44GeIrN2O-2. The summed E-state index contributed by atoms with van der Waals surface area (Å²) in [5.74, 6) is 8.32. The molecule has 4 aromatic carbocycles. The Kier molecular flexibility index (Phi) is 11.5. The Morgan fingerprint density at radius 3 is 2.28 bits per heavy atom. The molecule has 255 valence electrons. The van der Waals surface area contributed by atoms with Crippen molar-refractivity contribution in [2.75, 3.05) is 0 Å². The second-order valence-corrected chi connectivity index (χ2v) is 25.0. The van der Waals surface area contributed by atoms with Gasteiger partial charge in [-0.25, -0.2) is 0 Å². The van der Waals surface area contributed by atoms with Gasteiger partial charge in [-0.3, -0.25) is 0 Å². The van der Waals surface area contributed by atoms with Gasteiger partial charge in [0.15, 0.2) is 0 Å². The molecule has 8 rings (SSSR count). The zero-order valence-corrected chi connectivity index (χ0v) is 33.9. The van der Waals surface area contributed by atoms with Gasteiger partial charge in [-0.05, 0) is 35.9 Å². The standard InChI is InChI=1S/C24H16NO.C21H28GeN.Ir/c1-16-12-13-25-22(14-16)21-9-5-8-20-19-11-10-18(15-23(19)26-24(20)21)17-6-3-2-4-7-17;1-22(2,3)20-16-23-21(18-12-8-5-9-13-18)15-19(20)14-17-10-6-4-7-11-17;/h2-8,10-15H,1H3;5,8-9,12,15-17H,4,6-7,10-11,14H2,1-3H3;/q2*-1;. The van der Waals surface area contributed by atoms with E-state index in [-0.39, 0.29) is 20.1 Å². The minimum Gasteiger partial charge on any atom is 0 e. The number of furan rings is 1. The van der Waals surface area contributed by atoms with Gasteiger partial charge in [0.1, 0.15) is 5.58 Å². The first-order chi connectivity index (χ1) is 23.8. The fraction of sp³-hybridized carbons (Fsp3) is 0.244. The van der Waals surface area contributed by atoms with Crippen molar-refractivity contribution in [3.05, 3.63) is 139 Å². The number of aryl methyl sites for hydroxylation is 1. The van der Waals surface area contributed by atoms with Gasteiger partial charge in [0, 0.05) is 31.7 Å². The maximum absolute atomic E-state index is 6.27. The maximum atomic E-state index is 6.27. The molecule has 5 heteroatoms. The van der Waals surface area contributed by atoms with Gasteiger partial charge in [0.05, 0.1) is 5.58 Å². The second kappa shape index (κ2) is 16.0. The van der Waals surface area contributed by atoms with Crippen LogP contribution in [0.15, 0.2) is 120 Å². The van der Waals surface area contributed by atoms with E-state index in [0.29, 0.717) is 0 Å². The molecule has 0 unspecified atom stereocenters. The number of hydrogen-bond acceptors (Lipinski definition) is 3. The Hall–Kier alpha value is -3.83. The quantitative estimate of drug-likeness (QED) is 0.123. The van der Waals surface area contributed by atoms with Crippen molar-refractivity contribution >= 4 is 39.6 Å². The average Bonchev–Trinajstić information content (AvgIpc) is 3.51. The SMILES string of the molecule is Cc1ccnc(-c2[c-]ccc3c2oc2cc(-c4ccccc4)ccc23)c1.[CH3][Ge]([CH3])([CH3])[c]1cnc(-c2[c-]cccc2)cc1CC1CCCCC1.[Ir]. The van der Waals surface area contributed by atoms with Crippen molar-refractivity contribution in [1.29, 1.82) is 0 Å². The van der Waals surface area contributed by atoms with Gasteiger partial charge in [-0.1, -0.05) is 65.0 Å². The normalized spacial score (nSPS) is 13.4. The smallest absolute Gasteiger partial charge is 0 e. The van der Waals surface area contributed by atoms with Gasteiger partial charge >= 0.3 is 144 Å². The molecule has 3 nitrogen and oxygen atoms in total. The van der Waals surface area contributed by atoms with Crippen LogP contribution in [-0.4, -0.2) is 23.2 Å². The predicted octanol–water partition coefficient (Wildman–Crippen LogP) is 11.6. The minimum atomic E-state index is -1.89. The number of pyridine rings is 2. The first-order valence-corrected chi connectivity index (χ1v) is 25.0. The Morgan fingerprint density at radius 1 is 0.740 bits per heavy atom. The van der Waals surface area contributed by atoms with Crippen LogP contribution in [0.4, 0.5) is 0 Å². The largest absolute Gasteiger partial charge is 0 e. The Bertz CT molecular complexity index is 2180. The van der Waals surface area contributed by atoms with Crippen molar-refractivity contribution in [2.24, 2.45) is 5.92 Å². The summed E-state index contributed by atoms with van der Waals surface area (Å²) in [5.41, 5.74) is 10.8. The topological polar surface area (TPSA) is 38.9 Å². The van der Waals surface area contributed by atoms with E-state index in [0.717, 1.165) is 55.9 Å². The zero-order chi connectivity index (χ0) is 33.8. The third-order valence-corrected chi connectivity index (χ3v) is 14.1. The molecule has 3 heterocycles. The van der Waals surface area contributed by atoms with Crippen LogP contribution in [0.5, 0.6) is 0 Å². The van der Waals surface area contributed by atoms with Crippen LogP contribution < -0.4 is 4.40 Å². The number of rotatable bonds is 6. The van der Waals surface area contributed by atoms with Crippen LogP contribution in [0.2, 0.25) is 17.3 Å². The molecule has 1 radical (unpaired) electrons. The van der Waals surface area contributed by atoms with Gasteiger partial charge in [-0.15, -0.1) is 18.2 Å². The van der Waals surface area contributed by atoms with Crippen molar-refractivity contribution in [3.8, 4) is 33.6 Å². The van der Waals surface area contributed by atoms with E-state index in [4.69, 9.17) is 9.40 Å². The van der Waals surface area contributed by atoms with Gasteiger partial charge in [0.2, 0.25) is 0 Å². The molecule has 1 aliphatic rings. The van der Waals surface area contributed by atoms with Crippen LogP contribution in [-0.2, 0) is 26.5 Å². The van der Waals surface area contributed by atoms with E-state index in [1.165, 1.54) is 49.7 Å². The Balaban J connectivity index is 0.000000171. The number of hydrogen-bond donors (Lipinski definition) is 0. The third-order valence-electron chi connectivity index (χ3n) is 9.73. The summed E-state index contributed by atoms with van der Waals surface area (Å²) in [7, 11) is 0. The van der Waals surface area contributed by atoms with Crippen LogP contribution in [0.1, 0.15) is 43.2 Å². The summed E-state index contributed by atoms with van der Waals surface area (Å²) in [4.78, 5) is 9.29. The average molecular weight is 894 g/mol. The molecule has 1 fully saturated rings. The summed E-state index contributed by atoms with van der Waals surface area (Å²) < 4.78 is 7.86. The maximum Gasteiger partial charge on any atom is 0 e. The molecule has 0 atom stereocenters. The fourth-order valence-corrected chi connectivity index (χ4v) is 10.5. The van der Waals surface area contributed by atoms with Crippen molar-refractivity contribution in [2.45, 2.75) is 62.7 Å². The Morgan fingerprint density at radius 2 is 1.54 bits per heavy atom. The van der Waals surface area contributed by atoms with E-state index in [2.05, 4.69) is 120 Å².